The van der Waals surface area contributed by atoms with Gasteiger partial charge in [0.25, 0.3) is 0 Å². The number of esters is 1. The molecular weight excluding hydrogens is 334 g/mol. The van der Waals surface area contributed by atoms with E-state index in [4.69, 9.17) is 4.74 Å². The number of hydrogen-bond acceptors (Lipinski definition) is 3. The largest absolute Gasteiger partial charge is 0.465 e. The fraction of sp³-hybridized carbons (Fsp3) is 0.375. The van der Waals surface area contributed by atoms with Gasteiger partial charge in [0.1, 0.15) is 0 Å². The molecule has 1 N–H and O–H groups in total. The maximum absolute atomic E-state index is 11.4. The van der Waals surface area contributed by atoms with Gasteiger partial charge in [0, 0.05) is 12.2 Å². The molecule has 0 fully saturated rings. The molecule has 3 heteroatoms. The van der Waals surface area contributed by atoms with Crippen LogP contribution in [0.15, 0.2) is 48.5 Å². The fourth-order valence-electron chi connectivity index (χ4n) is 2.89. The molecule has 0 atom stereocenters. The van der Waals surface area contributed by atoms with Crippen molar-refractivity contribution >= 4 is 23.8 Å². The van der Waals surface area contributed by atoms with E-state index in [0.717, 1.165) is 17.7 Å². The molecule has 0 spiro atoms. The smallest absolute Gasteiger partial charge is 0.337 e. The SMILES string of the molecule is CCCCCCCCNc1ccc(/C=C/c2ccc(C(=O)OC)cc2)cc1. The molecule has 0 aliphatic heterocycles. The number of methoxy groups -OCH3 is 1. The van der Waals surface area contributed by atoms with Crippen LogP contribution in [0.3, 0.4) is 0 Å². The molecule has 0 aliphatic carbocycles. The molecule has 0 saturated heterocycles. The minimum Gasteiger partial charge on any atom is -0.465 e. The van der Waals surface area contributed by atoms with Gasteiger partial charge in [-0.3, -0.25) is 0 Å². The van der Waals surface area contributed by atoms with E-state index in [1.807, 2.05) is 18.2 Å². The highest BCUT2D eigenvalue weighted by molar-refractivity contribution is 5.89. The van der Waals surface area contributed by atoms with E-state index in [9.17, 15) is 4.79 Å². The van der Waals surface area contributed by atoms with E-state index < -0.39 is 0 Å². The molecule has 0 heterocycles. The van der Waals surface area contributed by atoms with E-state index in [1.165, 1.54) is 51.3 Å². The van der Waals surface area contributed by atoms with Crippen LogP contribution in [-0.4, -0.2) is 19.6 Å². The van der Waals surface area contributed by atoms with Gasteiger partial charge in [-0.2, -0.15) is 0 Å². The third-order valence-electron chi connectivity index (χ3n) is 4.57. The Morgan fingerprint density at radius 3 is 2.00 bits per heavy atom. The second-order valence-corrected chi connectivity index (χ2v) is 6.76. The van der Waals surface area contributed by atoms with Gasteiger partial charge in [-0.1, -0.05) is 75.4 Å². The monoisotopic (exact) mass is 365 g/mol. The van der Waals surface area contributed by atoms with Crippen LogP contribution in [0.2, 0.25) is 0 Å². The molecule has 0 amide bonds. The number of hydrogen-bond donors (Lipinski definition) is 1. The lowest BCUT2D eigenvalue weighted by molar-refractivity contribution is 0.0600. The Morgan fingerprint density at radius 1 is 0.852 bits per heavy atom. The highest BCUT2D eigenvalue weighted by atomic mass is 16.5. The van der Waals surface area contributed by atoms with Gasteiger partial charge < -0.3 is 10.1 Å². The van der Waals surface area contributed by atoms with Crippen LogP contribution in [0, 0.1) is 0 Å². The van der Waals surface area contributed by atoms with Crippen molar-refractivity contribution in [3.05, 3.63) is 65.2 Å². The van der Waals surface area contributed by atoms with Crippen molar-refractivity contribution in [2.24, 2.45) is 0 Å². The van der Waals surface area contributed by atoms with E-state index in [2.05, 4.69) is 42.6 Å². The van der Waals surface area contributed by atoms with Gasteiger partial charge in [-0.05, 0) is 41.8 Å². The van der Waals surface area contributed by atoms with Crippen molar-refractivity contribution < 1.29 is 9.53 Å². The quantitative estimate of drug-likeness (QED) is 0.284. The fourth-order valence-corrected chi connectivity index (χ4v) is 2.89. The Kier molecular flexibility index (Phi) is 9.19. The van der Waals surface area contributed by atoms with Crippen LogP contribution in [-0.2, 0) is 4.74 Å². The highest BCUT2D eigenvalue weighted by Crippen LogP contribution is 2.14. The summed E-state index contributed by atoms with van der Waals surface area (Å²) in [5.41, 5.74) is 3.93. The topological polar surface area (TPSA) is 38.3 Å². The highest BCUT2D eigenvalue weighted by Gasteiger charge is 2.03. The van der Waals surface area contributed by atoms with Crippen LogP contribution in [0.1, 0.15) is 66.9 Å². The van der Waals surface area contributed by atoms with Gasteiger partial charge in [0.2, 0.25) is 0 Å². The number of ether oxygens (including phenoxy) is 1. The minimum absolute atomic E-state index is 0.311. The third-order valence-corrected chi connectivity index (χ3v) is 4.57. The molecule has 0 saturated carbocycles. The Morgan fingerprint density at radius 2 is 1.41 bits per heavy atom. The summed E-state index contributed by atoms with van der Waals surface area (Å²) in [5.74, 6) is -0.311. The molecule has 2 aromatic carbocycles. The molecule has 0 aliphatic rings. The summed E-state index contributed by atoms with van der Waals surface area (Å²) in [7, 11) is 1.39. The zero-order chi connectivity index (χ0) is 19.3. The average molecular weight is 366 g/mol. The summed E-state index contributed by atoms with van der Waals surface area (Å²) in [4.78, 5) is 11.4. The standard InChI is InChI=1S/C24H31NO2/c1-3-4-5-6-7-8-19-25-23-17-13-21(14-18-23)10-9-20-11-15-22(16-12-20)24(26)27-2/h9-18,25H,3-8,19H2,1-2H3/b10-9+. The van der Waals surface area contributed by atoms with Crippen molar-refractivity contribution in [3.63, 3.8) is 0 Å². The Hall–Kier alpha value is -2.55. The van der Waals surface area contributed by atoms with Crippen LogP contribution < -0.4 is 5.32 Å². The van der Waals surface area contributed by atoms with Crippen LogP contribution in [0.4, 0.5) is 5.69 Å². The van der Waals surface area contributed by atoms with Gasteiger partial charge in [-0.15, -0.1) is 0 Å². The second-order valence-electron chi connectivity index (χ2n) is 6.76. The maximum Gasteiger partial charge on any atom is 0.337 e. The van der Waals surface area contributed by atoms with Gasteiger partial charge in [0.15, 0.2) is 0 Å². The first kappa shape index (κ1) is 20.8. The lowest BCUT2D eigenvalue weighted by Gasteiger charge is -2.06. The van der Waals surface area contributed by atoms with Gasteiger partial charge in [-0.25, -0.2) is 4.79 Å². The lowest BCUT2D eigenvalue weighted by Crippen LogP contribution is -2.01. The first-order valence-electron chi connectivity index (χ1n) is 9.93. The minimum atomic E-state index is -0.311. The summed E-state index contributed by atoms with van der Waals surface area (Å²) < 4.78 is 4.71. The summed E-state index contributed by atoms with van der Waals surface area (Å²) in [6.45, 7) is 3.29. The number of rotatable bonds is 11. The first-order valence-corrected chi connectivity index (χ1v) is 9.93. The van der Waals surface area contributed by atoms with Crippen LogP contribution in [0.5, 0.6) is 0 Å². The predicted octanol–water partition coefficient (Wildman–Crippen LogP) is 6.42. The molecule has 3 nitrogen and oxygen atoms in total. The van der Waals surface area contributed by atoms with E-state index >= 15 is 0 Å². The summed E-state index contributed by atoms with van der Waals surface area (Å²) in [6, 6.07) is 15.9. The molecule has 2 aromatic rings. The van der Waals surface area contributed by atoms with Crippen LogP contribution in [0.25, 0.3) is 12.2 Å². The van der Waals surface area contributed by atoms with E-state index in [-0.39, 0.29) is 5.97 Å². The predicted molar refractivity (Wildman–Crippen MR) is 115 cm³/mol. The molecule has 0 bridgehead atoms. The van der Waals surface area contributed by atoms with Crippen molar-refractivity contribution in [1.29, 1.82) is 0 Å². The number of benzene rings is 2. The maximum atomic E-state index is 11.4. The number of carbonyl (C=O) groups excluding carboxylic acids is 1. The molecule has 144 valence electrons. The number of unbranched alkanes of at least 4 members (excludes halogenated alkanes) is 5. The lowest BCUT2D eigenvalue weighted by atomic mass is 10.1. The Labute approximate surface area is 163 Å². The van der Waals surface area contributed by atoms with Crippen molar-refractivity contribution in [2.45, 2.75) is 45.4 Å². The second kappa shape index (κ2) is 11.9. The normalized spacial score (nSPS) is 10.9. The van der Waals surface area contributed by atoms with Crippen molar-refractivity contribution in [1.82, 2.24) is 0 Å². The molecule has 0 aromatic heterocycles. The molecule has 0 unspecified atom stereocenters. The number of nitrogens with one attached hydrogen (secondary N) is 1. The molecule has 2 rings (SSSR count). The summed E-state index contributed by atoms with van der Waals surface area (Å²) in [6.07, 6.45) is 12.0. The van der Waals surface area contributed by atoms with E-state index in [0.29, 0.717) is 5.56 Å². The zero-order valence-electron chi connectivity index (χ0n) is 16.5. The number of anilines is 1. The number of carbonyl (C=O) groups is 1. The first-order chi connectivity index (χ1) is 13.2. The Bertz CT molecular complexity index is 702. The zero-order valence-corrected chi connectivity index (χ0v) is 16.5. The molecular formula is C24H31NO2. The van der Waals surface area contributed by atoms with Crippen LogP contribution >= 0.6 is 0 Å². The summed E-state index contributed by atoms with van der Waals surface area (Å²) >= 11 is 0. The van der Waals surface area contributed by atoms with Crippen molar-refractivity contribution in [3.8, 4) is 0 Å². The van der Waals surface area contributed by atoms with Gasteiger partial charge >= 0.3 is 5.97 Å². The third kappa shape index (κ3) is 7.69. The molecule has 27 heavy (non-hydrogen) atoms. The average Bonchev–Trinajstić information content (AvgIpc) is 2.72. The van der Waals surface area contributed by atoms with Crippen molar-refractivity contribution in [2.75, 3.05) is 19.0 Å². The Balaban J connectivity index is 1.76. The molecule has 0 radical (unpaired) electrons. The summed E-state index contributed by atoms with van der Waals surface area (Å²) in [5, 5.41) is 3.49. The van der Waals surface area contributed by atoms with E-state index in [1.54, 1.807) is 12.1 Å². The van der Waals surface area contributed by atoms with Gasteiger partial charge in [0.05, 0.1) is 12.7 Å².